The summed E-state index contributed by atoms with van der Waals surface area (Å²) in [5.41, 5.74) is 0.729. The van der Waals surface area contributed by atoms with Gasteiger partial charge in [0.15, 0.2) is 17.3 Å². The molecule has 0 bridgehead atoms. The van der Waals surface area contributed by atoms with Gasteiger partial charge in [-0.1, -0.05) is 12.1 Å². The molecule has 3 aliphatic rings. The summed E-state index contributed by atoms with van der Waals surface area (Å²) < 4.78 is 38.0. The topological polar surface area (TPSA) is 342 Å². The summed E-state index contributed by atoms with van der Waals surface area (Å²) in [5, 5.41) is 114. The number of phenols is 4. The third-order valence-electron chi connectivity index (χ3n) is 9.48. The quantitative estimate of drug-likeness (QED) is 0.0327. The molecule has 322 valence electrons. The average molecular weight is 846 g/mol. The first-order valence-corrected chi connectivity index (χ1v) is 18.0. The average Bonchev–Trinajstić information content (AvgIpc) is 3.20. The van der Waals surface area contributed by atoms with Gasteiger partial charge in [0.25, 0.3) is 11.9 Å². The molecule has 11 atom stereocenters. The second-order valence-corrected chi connectivity index (χ2v) is 13.8. The Balaban J connectivity index is 1.26. The number of benzene rings is 3. The minimum atomic E-state index is -1.95. The highest BCUT2D eigenvalue weighted by Crippen LogP contribution is 2.47. The fourth-order valence-corrected chi connectivity index (χ4v) is 6.29. The highest BCUT2D eigenvalue weighted by Gasteiger charge is 2.48. The van der Waals surface area contributed by atoms with E-state index in [1.54, 1.807) is 0 Å². The van der Waals surface area contributed by atoms with Crippen LogP contribution in [-0.4, -0.2) is 153 Å². The van der Waals surface area contributed by atoms with E-state index < -0.39 is 122 Å². The third kappa shape index (κ3) is 9.98. The van der Waals surface area contributed by atoms with E-state index in [2.05, 4.69) is 4.74 Å². The molecule has 0 aliphatic carbocycles. The monoisotopic (exact) mass is 845 g/mol. The minimum Gasteiger partial charge on any atom is -0.571 e. The van der Waals surface area contributed by atoms with Crippen LogP contribution in [-0.2, 0) is 38.1 Å². The molecule has 60 heavy (non-hydrogen) atoms. The van der Waals surface area contributed by atoms with Gasteiger partial charge >= 0.3 is 17.9 Å². The van der Waals surface area contributed by atoms with Gasteiger partial charge in [-0.2, -0.15) is 0 Å². The normalized spacial score (nSPS) is 28.8. The lowest BCUT2D eigenvalue weighted by Gasteiger charge is -2.41. The molecule has 3 aromatic carbocycles. The molecule has 0 aromatic heterocycles. The van der Waals surface area contributed by atoms with Gasteiger partial charge in [-0.15, -0.1) is 0 Å². The summed E-state index contributed by atoms with van der Waals surface area (Å²) in [6, 6.07) is 11.8. The fourth-order valence-electron chi connectivity index (χ4n) is 6.29. The molecule has 1 unspecified atom stereocenters. The number of ether oxygens (including phenoxy) is 7. The standard InChI is InChI=1S/C39H40O21/c40-18-5-1-16(2-6-18)3-8-29(46)54-14-26-31(48)34(51)36(53)39(60-26)58-25-12-20-23(56-37(25)17-4-7-21(42)22(43)9-17)10-19(41)11-24(20)57-38-35(52)33(50)32(49)27(59-38)15-55-30(47)13-28(44)45/h1-12,26-27,31-43,48-53H,13-15H2,(H,44,45)/p+1/b8-3+/t26-,27-,31-,32-,33+,34+,35-,36-,37?,38-,39-/m1/s1. The van der Waals surface area contributed by atoms with Crippen molar-refractivity contribution in [3.63, 3.8) is 0 Å². The van der Waals surface area contributed by atoms with Crippen molar-refractivity contribution in [2.24, 2.45) is 0 Å². The summed E-state index contributed by atoms with van der Waals surface area (Å²) in [6.07, 6.45) is -16.5. The van der Waals surface area contributed by atoms with E-state index in [9.17, 15) is 65.4 Å². The molecular weight excluding hydrogens is 804 g/mol. The summed E-state index contributed by atoms with van der Waals surface area (Å²) in [5.74, 6) is -5.52. The molecule has 3 aromatic rings. The number of rotatable bonds is 13. The van der Waals surface area contributed by atoms with Gasteiger partial charge in [0.2, 0.25) is 12.6 Å². The Hall–Kier alpha value is -6.17. The van der Waals surface area contributed by atoms with Crippen LogP contribution >= 0.6 is 0 Å². The van der Waals surface area contributed by atoms with Gasteiger partial charge < -0.3 is 89.3 Å². The highest BCUT2D eigenvalue weighted by molar-refractivity contribution is 5.90. The van der Waals surface area contributed by atoms with Crippen molar-refractivity contribution in [1.29, 1.82) is 0 Å². The lowest BCUT2D eigenvalue weighted by molar-refractivity contribution is -0.296. The van der Waals surface area contributed by atoms with Crippen molar-refractivity contribution in [2.45, 2.75) is 73.9 Å². The maximum absolute atomic E-state index is 12.5. The van der Waals surface area contributed by atoms with Crippen LogP contribution in [0.4, 0.5) is 0 Å². The van der Waals surface area contributed by atoms with Crippen molar-refractivity contribution in [2.75, 3.05) is 13.2 Å². The largest absolute Gasteiger partial charge is 0.571 e. The smallest absolute Gasteiger partial charge is 0.330 e. The number of aromatic hydroxyl groups is 5. The number of esters is 2. The number of aliphatic carboxylic acids is 1. The Kier molecular flexibility index (Phi) is 13.3. The van der Waals surface area contributed by atoms with Crippen LogP contribution in [0.5, 0.6) is 34.5 Å². The number of hydrogen-bond acceptors (Lipinski definition) is 19. The van der Waals surface area contributed by atoms with Gasteiger partial charge in [-0.3, -0.25) is 9.59 Å². The molecule has 2 fully saturated rings. The number of carboxylic acid groups (broad SMARTS) is 1. The van der Waals surface area contributed by atoms with Crippen molar-refractivity contribution in [3.05, 3.63) is 83.1 Å². The van der Waals surface area contributed by atoms with Crippen LogP contribution in [0.15, 0.2) is 66.4 Å². The number of aliphatic hydroxyl groups is 7. The molecule has 0 saturated carbocycles. The number of fused-ring (bicyclic) bond motifs is 1. The van der Waals surface area contributed by atoms with Crippen LogP contribution in [0.3, 0.4) is 0 Å². The molecule has 0 radical (unpaired) electrons. The zero-order valence-corrected chi connectivity index (χ0v) is 30.9. The second-order valence-electron chi connectivity index (χ2n) is 13.8. The van der Waals surface area contributed by atoms with E-state index in [1.165, 1.54) is 48.6 Å². The predicted octanol–water partition coefficient (Wildman–Crippen LogP) is -0.869. The first-order valence-electron chi connectivity index (χ1n) is 18.0. The van der Waals surface area contributed by atoms with Crippen molar-refractivity contribution in [1.82, 2.24) is 0 Å². The fraction of sp³-hybridized carbons (Fsp3) is 0.359. The van der Waals surface area contributed by atoms with Crippen LogP contribution in [0.2, 0.25) is 0 Å². The number of carboxylic acids is 1. The van der Waals surface area contributed by atoms with Gasteiger partial charge in [0.1, 0.15) is 91.3 Å². The molecule has 3 heterocycles. The summed E-state index contributed by atoms with van der Waals surface area (Å²) in [4.78, 5) is 35.2. The molecule has 3 aliphatic heterocycles. The Morgan fingerprint density at radius 2 is 1.30 bits per heavy atom. The van der Waals surface area contributed by atoms with E-state index in [4.69, 9.17) is 33.5 Å². The molecule has 6 rings (SSSR count). The van der Waals surface area contributed by atoms with Gasteiger partial charge in [-0.25, -0.2) is 4.79 Å². The van der Waals surface area contributed by atoms with Crippen LogP contribution < -0.4 is 4.74 Å². The Labute approximate surface area is 338 Å². The maximum Gasteiger partial charge on any atom is 0.330 e. The first kappa shape index (κ1) is 43.4. The van der Waals surface area contributed by atoms with Crippen molar-refractivity contribution >= 4 is 30.1 Å². The van der Waals surface area contributed by atoms with Crippen LogP contribution in [0, 0.1) is 0 Å². The Morgan fingerprint density at radius 1 is 0.683 bits per heavy atom. The number of aliphatic hydroxyl groups excluding tert-OH is 6. The Morgan fingerprint density at radius 3 is 1.92 bits per heavy atom. The van der Waals surface area contributed by atoms with Crippen molar-refractivity contribution < 1.29 is 104 Å². The predicted molar refractivity (Wildman–Crippen MR) is 197 cm³/mol. The van der Waals surface area contributed by atoms with Crippen molar-refractivity contribution in [3.8, 4) is 34.5 Å². The number of phenolic OH excluding ortho intramolecular Hbond substituents is 4. The second kappa shape index (κ2) is 18.4. The van der Waals surface area contributed by atoms with Gasteiger partial charge in [-0.05, 0) is 42.0 Å². The SMILES string of the molecule is O=C(O)CC(=O)OC[C@H]1O[C@@H](Oc2cc(O)cc3c2C=C(O[C@@H]2O[C@H](COC(=O)/C=C/c4ccc(O)cc4)[C@@H](O)[C@H](O)[C@H]2O)C(c2ccc(O)c(O)c2)[OH+]3)[C@H](O)[C@@H](O)[C@@H]1O. The van der Waals surface area contributed by atoms with Gasteiger partial charge in [0.05, 0.1) is 11.6 Å². The molecule has 12 N–H and O–H groups in total. The van der Waals surface area contributed by atoms with Gasteiger partial charge in [0, 0.05) is 18.2 Å². The molecule has 0 amide bonds. The maximum atomic E-state index is 12.5. The zero-order chi connectivity index (χ0) is 43.4. The van der Waals surface area contributed by atoms with E-state index >= 15 is 0 Å². The van der Waals surface area contributed by atoms with E-state index in [1.807, 2.05) is 0 Å². The van der Waals surface area contributed by atoms with Crippen LogP contribution in [0.25, 0.3) is 12.2 Å². The summed E-state index contributed by atoms with van der Waals surface area (Å²) >= 11 is 0. The van der Waals surface area contributed by atoms with Crippen LogP contribution in [0.1, 0.15) is 29.2 Å². The molecule has 21 heteroatoms. The summed E-state index contributed by atoms with van der Waals surface area (Å²) in [7, 11) is 0. The molecule has 21 nitrogen and oxygen atoms in total. The number of hydrogen-bond donors (Lipinski definition) is 11. The first-order chi connectivity index (χ1) is 28.5. The van der Waals surface area contributed by atoms with E-state index in [-0.39, 0.29) is 34.1 Å². The Bertz CT molecular complexity index is 2100. The molecular formula is C39H41O21+. The zero-order valence-electron chi connectivity index (χ0n) is 30.9. The third-order valence-corrected chi connectivity index (χ3v) is 9.48. The minimum absolute atomic E-state index is 0.000300. The molecule has 2 saturated heterocycles. The number of carbonyl (C=O) groups excluding carboxylic acids is 2. The van der Waals surface area contributed by atoms with E-state index in [0.29, 0.717) is 5.56 Å². The molecule has 0 spiro atoms. The highest BCUT2D eigenvalue weighted by atomic mass is 16.7. The van der Waals surface area contributed by atoms with E-state index in [0.717, 1.165) is 24.3 Å². The lowest BCUT2D eigenvalue weighted by Crippen LogP contribution is -2.60. The summed E-state index contributed by atoms with van der Waals surface area (Å²) in [6.45, 7) is -1.39. The number of carbonyl (C=O) groups is 3. The lowest BCUT2D eigenvalue weighted by atomic mass is 9.98.